The Labute approximate surface area is 94.6 Å². The first-order chi connectivity index (χ1) is 7.31. The van der Waals surface area contributed by atoms with Gasteiger partial charge in [-0.25, -0.2) is 0 Å². The molecule has 2 aliphatic rings. The van der Waals surface area contributed by atoms with Crippen LogP contribution < -0.4 is 0 Å². The lowest BCUT2D eigenvalue weighted by Gasteiger charge is -2.43. The lowest BCUT2D eigenvalue weighted by molar-refractivity contribution is 0.0568. The van der Waals surface area contributed by atoms with E-state index in [-0.39, 0.29) is 0 Å². The topological polar surface area (TPSA) is 6.48 Å². The molecule has 88 valence electrons. The van der Waals surface area contributed by atoms with Gasteiger partial charge in [-0.2, -0.15) is 0 Å². The van der Waals surface area contributed by atoms with Gasteiger partial charge in [-0.3, -0.25) is 4.90 Å². The van der Waals surface area contributed by atoms with Gasteiger partial charge in [-0.05, 0) is 25.8 Å². The molecule has 2 heteroatoms. The van der Waals surface area contributed by atoms with Crippen LogP contribution in [0.1, 0.15) is 39.0 Å². The van der Waals surface area contributed by atoms with Crippen LogP contribution in [0.25, 0.3) is 0 Å². The minimum absolute atomic E-state index is 0.914. The molecule has 2 atom stereocenters. The van der Waals surface area contributed by atoms with Gasteiger partial charge >= 0.3 is 0 Å². The maximum absolute atomic E-state index is 2.77. The van der Waals surface area contributed by atoms with Crippen LogP contribution in [-0.2, 0) is 0 Å². The molecule has 0 aromatic heterocycles. The first kappa shape index (κ1) is 11.4. The maximum atomic E-state index is 2.77. The highest BCUT2D eigenvalue weighted by Gasteiger charge is 2.30. The summed E-state index contributed by atoms with van der Waals surface area (Å²) in [6.07, 6.45) is 7.27. The van der Waals surface area contributed by atoms with Crippen LogP contribution in [0.4, 0.5) is 0 Å². The van der Waals surface area contributed by atoms with Crippen molar-refractivity contribution < 1.29 is 0 Å². The molecule has 2 rings (SSSR count). The summed E-state index contributed by atoms with van der Waals surface area (Å²) in [5.74, 6) is 0.988. The number of hydrogen-bond acceptors (Lipinski definition) is 2. The lowest BCUT2D eigenvalue weighted by Crippen LogP contribution is -2.51. The van der Waals surface area contributed by atoms with Crippen LogP contribution >= 0.6 is 0 Å². The normalized spacial score (nSPS) is 35.6. The van der Waals surface area contributed by atoms with E-state index in [0.29, 0.717) is 0 Å². The zero-order valence-corrected chi connectivity index (χ0v) is 10.4. The minimum Gasteiger partial charge on any atom is -0.304 e. The van der Waals surface area contributed by atoms with Gasteiger partial charge in [0.05, 0.1) is 0 Å². The number of likely N-dealkylation sites (N-methyl/N-ethyl adjacent to an activating group) is 1. The van der Waals surface area contributed by atoms with Crippen LogP contribution in [-0.4, -0.2) is 49.1 Å². The van der Waals surface area contributed by atoms with E-state index in [1.165, 1.54) is 58.3 Å². The van der Waals surface area contributed by atoms with Gasteiger partial charge < -0.3 is 4.90 Å². The molecule has 0 radical (unpaired) electrons. The summed E-state index contributed by atoms with van der Waals surface area (Å²) < 4.78 is 0. The molecule has 2 fully saturated rings. The summed E-state index contributed by atoms with van der Waals surface area (Å²) in [6.45, 7) is 7.52. The second-order valence-electron chi connectivity index (χ2n) is 5.36. The maximum Gasteiger partial charge on any atom is 0.0124 e. The predicted octanol–water partition coefficient (Wildman–Crippen LogP) is 2.20. The molecular weight excluding hydrogens is 184 g/mol. The quantitative estimate of drug-likeness (QED) is 0.689. The Hall–Kier alpha value is -0.0800. The molecule has 0 bridgehead atoms. The number of piperazine rings is 1. The van der Waals surface area contributed by atoms with Gasteiger partial charge in [0.1, 0.15) is 0 Å². The van der Waals surface area contributed by atoms with E-state index in [2.05, 4.69) is 23.8 Å². The monoisotopic (exact) mass is 210 g/mol. The first-order valence-corrected chi connectivity index (χ1v) is 6.74. The van der Waals surface area contributed by atoms with E-state index in [9.17, 15) is 0 Å². The first-order valence-electron chi connectivity index (χ1n) is 6.74. The third-order valence-electron chi connectivity index (χ3n) is 4.40. The van der Waals surface area contributed by atoms with Gasteiger partial charge in [0.15, 0.2) is 0 Å². The summed E-state index contributed by atoms with van der Waals surface area (Å²) in [5, 5.41) is 0. The van der Waals surface area contributed by atoms with Crippen molar-refractivity contribution in [2.45, 2.75) is 45.1 Å². The van der Waals surface area contributed by atoms with Crippen LogP contribution in [0, 0.1) is 5.92 Å². The Kier molecular flexibility index (Phi) is 4.04. The number of hydrogen-bond donors (Lipinski definition) is 0. The Morgan fingerprint density at radius 1 is 1.00 bits per heavy atom. The molecule has 1 aliphatic carbocycles. The largest absolute Gasteiger partial charge is 0.304 e. The van der Waals surface area contributed by atoms with Gasteiger partial charge in [0.2, 0.25) is 0 Å². The van der Waals surface area contributed by atoms with E-state index in [4.69, 9.17) is 0 Å². The highest BCUT2D eigenvalue weighted by molar-refractivity contribution is 4.85. The second-order valence-corrected chi connectivity index (χ2v) is 5.36. The van der Waals surface area contributed by atoms with Crippen molar-refractivity contribution in [1.82, 2.24) is 9.80 Å². The van der Waals surface area contributed by atoms with Crippen molar-refractivity contribution in [3.05, 3.63) is 0 Å². The summed E-state index contributed by atoms with van der Waals surface area (Å²) in [6, 6.07) is 0.914. The highest BCUT2D eigenvalue weighted by atomic mass is 15.3. The smallest absolute Gasteiger partial charge is 0.0124 e. The third-order valence-corrected chi connectivity index (χ3v) is 4.40. The van der Waals surface area contributed by atoms with Crippen molar-refractivity contribution in [2.75, 3.05) is 33.2 Å². The molecule has 0 spiro atoms. The van der Waals surface area contributed by atoms with Crippen molar-refractivity contribution in [2.24, 2.45) is 5.92 Å². The zero-order chi connectivity index (χ0) is 10.7. The van der Waals surface area contributed by atoms with E-state index >= 15 is 0 Å². The van der Waals surface area contributed by atoms with Crippen LogP contribution in [0.5, 0.6) is 0 Å². The van der Waals surface area contributed by atoms with Crippen LogP contribution in [0.2, 0.25) is 0 Å². The predicted molar refractivity (Wildman–Crippen MR) is 65.1 cm³/mol. The summed E-state index contributed by atoms with van der Waals surface area (Å²) >= 11 is 0. The van der Waals surface area contributed by atoms with E-state index in [1.54, 1.807) is 0 Å². The standard InChI is InChI=1S/C13H26N2/c1-3-12-6-4-5-7-13(12)15-10-8-14(2)9-11-15/h12-13H,3-11H2,1-2H3. The van der Waals surface area contributed by atoms with E-state index < -0.39 is 0 Å². The minimum atomic E-state index is 0.914. The Bertz CT molecular complexity index is 185. The molecule has 0 aromatic rings. The van der Waals surface area contributed by atoms with Gasteiger partial charge in [0.25, 0.3) is 0 Å². The Morgan fingerprint density at radius 3 is 2.33 bits per heavy atom. The van der Waals surface area contributed by atoms with Crippen LogP contribution in [0.3, 0.4) is 0 Å². The van der Waals surface area contributed by atoms with Crippen LogP contribution in [0.15, 0.2) is 0 Å². The molecule has 2 nitrogen and oxygen atoms in total. The summed E-state index contributed by atoms with van der Waals surface area (Å²) in [4.78, 5) is 5.23. The molecule has 1 heterocycles. The molecule has 1 saturated carbocycles. The Morgan fingerprint density at radius 2 is 1.67 bits per heavy atom. The summed E-state index contributed by atoms with van der Waals surface area (Å²) in [7, 11) is 2.25. The van der Waals surface area contributed by atoms with Gasteiger partial charge in [0, 0.05) is 32.2 Å². The molecule has 0 aromatic carbocycles. The molecule has 15 heavy (non-hydrogen) atoms. The average molecular weight is 210 g/mol. The van der Waals surface area contributed by atoms with E-state index in [0.717, 1.165) is 12.0 Å². The fourth-order valence-corrected chi connectivity index (χ4v) is 3.30. The molecule has 0 amide bonds. The van der Waals surface area contributed by atoms with Gasteiger partial charge in [-0.15, -0.1) is 0 Å². The zero-order valence-electron chi connectivity index (χ0n) is 10.4. The third kappa shape index (κ3) is 2.73. The molecule has 0 N–H and O–H groups in total. The SMILES string of the molecule is CCC1CCCCC1N1CCN(C)CC1. The van der Waals surface area contributed by atoms with Gasteiger partial charge in [-0.1, -0.05) is 26.2 Å². The second kappa shape index (κ2) is 5.31. The fourth-order valence-electron chi connectivity index (χ4n) is 3.30. The fraction of sp³-hybridized carbons (Fsp3) is 1.00. The number of rotatable bonds is 2. The van der Waals surface area contributed by atoms with Crippen molar-refractivity contribution >= 4 is 0 Å². The molecule has 1 saturated heterocycles. The highest BCUT2D eigenvalue weighted by Crippen LogP contribution is 2.31. The van der Waals surface area contributed by atoms with Crippen molar-refractivity contribution in [3.63, 3.8) is 0 Å². The number of nitrogens with zero attached hydrogens (tertiary/aromatic N) is 2. The summed E-state index contributed by atoms with van der Waals surface area (Å²) in [5.41, 5.74) is 0. The lowest BCUT2D eigenvalue weighted by atomic mass is 9.81. The average Bonchev–Trinajstić information content (AvgIpc) is 2.30. The van der Waals surface area contributed by atoms with E-state index in [1.807, 2.05) is 0 Å². The van der Waals surface area contributed by atoms with Crippen molar-refractivity contribution in [1.29, 1.82) is 0 Å². The van der Waals surface area contributed by atoms with Crippen molar-refractivity contribution in [3.8, 4) is 0 Å². The molecule has 2 unspecified atom stereocenters. The molecular formula is C13H26N2. The molecule has 1 aliphatic heterocycles. The Balaban J connectivity index is 1.90.